The van der Waals surface area contributed by atoms with Crippen molar-refractivity contribution < 1.29 is 14.3 Å². The average molecular weight is 323 g/mol. The highest BCUT2D eigenvalue weighted by molar-refractivity contribution is 6.06. The van der Waals surface area contributed by atoms with Gasteiger partial charge in [-0.05, 0) is 48.0 Å². The fourth-order valence-corrected chi connectivity index (χ4v) is 2.64. The van der Waals surface area contributed by atoms with Crippen molar-refractivity contribution in [3.63, 3.8) is 0 Å². The zero-order valence-electron chi connectivity index (χ0n) is 13.8. The number of benzene rings is 2. The summed E-state index contributed by atoms with van der Waals surface area (Å²) in [5.74, 6) is 0.726. The van der Waals surface area contributed by atoms with Gasteiger partial charge >= 0.3 is 0 Å². The molecule has 3 rings (SSSR count). The Hall–Kier alpha value is -2.59. The van der Waals surface area contributed by atoms with Crippen molar-refractivity contribution in [2.45, 2.75) is 0 Å². The molecule has 0 N–H and O–H groups in total. The largest absolute Gasteiger partial charge is 0.497 e. The molecule has 0 aliphatic carbocycles. The van der Waals surface area contributed by atoms with Gasteiger partial charge in [0.1, 0.15) is 5.75 Å². The highest BCUT2D eigenvalue weighted by Crippen LogP contribution is 2.18. The van der Waals surface area contributed by atoms with Gasteiger partial charge in [0.05, 0.1) is 20.3 Å². The van der Waals surface area contributed by atoms with Crippen molar-refractivity contribution >= 4 is 17.5 Å². The van der Waals surface area contributed by atoms with Crippen LogP contribution in [0.4, 0.5) is 5.69 Å². The Bertz CT molecular complexity index is 699. The predicted molar refractivity (Wildman–Crippen MR) is 95.8 cm³/mol. The molecule has 124 valence electrons. The van der Waals surface area contributed by atoms with Crippen LogP contribution in [0.5, 0.6) is 5.75 Å². The molecular formula is C20H21NO3. The zero-order chi connectivity index (χ0) is 16.8. The number of carbonyl (C=O) groups is 1. The highest BCUT2D eigenvalue weighted by atomic mass is 16.5. The fourth-order valence-electron chi connectivity index (χ4n) is 2.64. The minimum absolute atomic E-state index is 0.0186. The van der Waals surface area contributed by atoms with E-state index < -0.39 is 0 Å². The first-order valence-electron chi connectivity index (χ1n) is 8.05. The number of hydrogen-bond donors (Lipinski definition) is 0. The Morgan fingerprint density at radius 1 is 1.04 bits per heavy atom. The molecule has 0 atom stereocenters. The summed E-state index contributed by atoms with van der Waals surface area (Å²) < 4.78 is 10.5. The molecule has 0 bridgehead atoms. The van der Waals surface area contributed by atoms with E-state index in [1.807, 2.05) is 18.2 Å². The molecule has 1 fully saturated rings. The van der Waals surface area contributed by atoms with Gasteiger partial charge in [0.15, 0.2) is 5.78 Å². The molecule has 0 amide bonds. The smallest absolute Gasteiger partial charge is 0.185 e. The van der Waals surface area contributed by atoms with Crippen LogP contribution in [-0.2, 0) is 4.74 Å². The van der Waals surface area contributed by atoms with E-state index in [1.54, 1.807) is 37.5 Å². The third kappa shape index (κ3) is 4.03. The van der Waals surface area contributed by atoms with Crippen molar-refractivity contribution in [1.82, 2.24) is 0 Å². The molecule has 1 saturated heterocycles. The number of nitrogens with zero attached hydrogens (tertiary/aromatic N) is 1. The van der Waals surface area contributed by atoms with Gasteiger partial charge in [-0.1, -0.05) is 18.2 Å². The number of allylic oxidation sites excluding steroid dienone is 1. The van der Waals surface area contributed by atoms with E-state index in [9.17, 15) is 4.79 Å². The summed E-state index contributed by atoms with van der Waals surface area (Å²) in [4.78, 5) is 14.5. The number of morpholine rings is 1. The first-order chi connectivity index (χ1) is 11.8. The van der Waals surface area contributed by atoms with Crippen molar-refractivity contribution in [2.24, 2.45) is 0 Å². The Kier molecular flexibility index (Phi) is 5.29. The van der Waals surface area contributed by atoms with E-state index in [-0.39, 0.29) is 5.78 Å². The lowest BCUT2D eigenvalue weighted by Crippen LogP contribution is -2.36. The molecule has 24 heavy (non-hydrogen) atoms. The Morgan fingerprint density at radius 2 is 1.71 bits per heavy atom. The van der Waals surface area contributed by atoms with Crippen LogP contribution < -0.4 is 9.64 Å². The van der Waals surface area contributed by atoms with Crippen molar-refractivity contribution in [1.29, 1.82) is 0 Å². The van der Waals surface area contributed by atoms with E-state index >= 15 is 0 Å². The van der Waals surface area contributed by atoms with Crippen LogP contribution in [0.2, 0.25) is 0 Å². The van der Waals surface area contributed by atoms with Crippen LogP contribution in [0.3, 0.4) is 0 Å². The summed E-state index contributed by atoms with van der Waals surface area (Å²) in [5, 5.41) is 0. The van der Waals surface area contributed by atoms with Gasteiger partial charge in [-0.15, -0.1) is 0 Å². The number of methoxy groups -OCH3 is 1. The van der Waals surface area contributed by atoms with Gasteiger partial charge < -0.3 is 14.4 Å². The number of ketones is 1. The summed E-state index contributed by atoms with van der Waals surface area (Å²) in [5.41, 5.74) is 2.85. The Balaban J connectivity index is 1.63. The number of hydrogen-bond acceptors (Lipinski definition) is 4. The number of rotatable bonds is 5. The molecule has 2 aromatic rings. The second-order valence-electron chi connectivity index (χ2n) is 5.62. The molecule has 0 saturated carbocycles. The number of ether oxygens (including phenoxy) is 2. The first-order valence-corrected chi connectivity index (χ1v) is 8.05. The van der Waals surface area contributed by atoms with Gasteiger partial charge in [-0.2, -0.15) is 0 Å². The Morgan fingerprint density at radius 3 is 2.33 bits per heavy atom. The quantitative estimate of drug-likeness (QED) is 0.624. The second-order valence-corrected chi connectivity index (χ2v) is 5.62. The second kappa shape index (κ2) is 7.79. The predicted octanol–water partition coefficient (Wildman–Crippen LogP) is 3.43. The molecule has 0 aromatic heterocycles. The molecule has 0 spiro atoms. The van der Waals surface area contributed by atoms with Crippen LogP contribution in [0, 0.1) is 0 Å². The lowest BCUT2D eigenvalue weighted by atomic mass is 10.1. The third-order valence-electron chi connectivity index (χ3n) is 4.07. The maximum Gasteiger partial charge on any atom is 0.185 e. The summed E-state index contributed by atoms with van der Waals surface area (Å²) >= 11 is 0. The first kappa shape index (κ1) is 16.3. The summed E-state index contributed by atoms with van der Waals surface area (Å²) in [7, 11) is 1.61. The lowest BCUT2D eigenvalue weighted by Gasteiger charge is -2.28. The van der Waals surface area contributed by atoms with Gasteiger partial charge in [0.25, 0.3) is 0 Å². The topological polar surface area (TPSA) is 38.8 Å². The fraction of sp³-hybridized carbons (Fsp3) is 0.250. The molecule has 0 radical (unpaired) electrons. The van der Waals surface area contributed by atoms with E-state index in [0.29, 0.717) is 5.56 Å². The molecule has 0 unspecified atom stereocenters. The molecular weight excluding hydrogens is 302 g/mol. The average Bonchev–Trinajstić information content (AvgIpc) is 2.67. The minimum Gasteiger partial charge on any atom is -0.497 e. The molecule has 1 aliphatic rings. The Labute approximate surface area is 142 Å². The van der Waals surface area contributed by atoms with E-state index in [2.05, 4.69) is 17.0 Å². The monoisotopic (exact) mass is 323 g/mol. The van der Waals surface area contributed by atoms with Crippen molar-refractivity contribution in [2.75, 3.05) is 38.3 Å². The normalized spacial score (nSPS) is 14.8. The molecule has 4 nitrogen and oxygen atoms in total. The van der Waals surface area contributed by atoms with E-state index in [4.69, 9.17) is 9.47 Å². The maximum absolute atomic E-state index is 12.2. The minimum atomic E-state index is -0.0186. The zero-order valence-corrected chi connectivity index (χ0v) is 13.8. The summed E-state index contributed by atoms with van der Waals surface area (Å²) in [6, 6.07) is 15.4. The van der Waals surface area contributed by atoms with Crippen LogP contribution in [-0.4, -0.2) is 39.2 Å². The van der Waals surface area contributed by atoms with E-state index in [0.717, 1.165) is 37.6 Å². The summed E-state index contributed by atoms with van der Waals surface area (Å²) in [6.07, 6.45) is 3.45. The van der Waals surface area contributed by atoms with Gasteiger partial charge in [-0.25, -0.2) is 0 Å². The van der Waals surface area contributed by atoms with Gasteiger partial charge in [0.2, 0.25) is 0 Å². The van der Waals surface area contributed by atoms with Crippen LogP contribution in [0.1, 0.15) is 15.9 Å². The molecule has 1 heterocycles. The SMILES string of the molecule is COc1ccc(C(=O)/C=C/c2ccc(N3CCOCC3)cc2)cc1. The summed E-state index contributed by atoms with van der Waals surface area (Å²) in [6.45, 7) is 3.40. The maximum atomic E-state index is 12.2. The number of anilines is 1. The van der Waals surface area contributed by atoms with Crippen LogP contribution >= 0.6 is 0 Å². The third-order valence-corrected chi connectivity index (χ3v) is 4.07. The van der Waals surface area contributed by atoms with Crippen LogP contribution in [0.15, 0.2) is 54.6 Å². The van der Waals surface area contributed by atoms with Crippen LogP contribution in [0.25, 0.3) is 6.08 Å². The number of carbonyl (C=O) groups excluding carboxylic acids is 1. The van der Waals surface area contributed by atoms with Crippen molar-refractivity contribution in [3.8, 4) is 5.75 Å². The van der Waals surface area contributed by atoms with Gasteiger partial charge in [0, 0.05) is 24.3 Å². The molecule has 1 aliphatic heterocycles. The highest BCUT2D eigenvalue weighted by Gasteiger charge is 2.10. The van der Waals surface area contributed by atoms with Gasteiger partial charge in [-0.3, -0.25) is 4.79 Å². The van der Waals surface area contributed by atoms with E-state index in [1.165, 1.54) is 5.69 Å². The van der Waals surface area contributed by atoms with Crippen molar-refractivity contribution in [3.05, 3.63) is 65.7 Å². The molecule has 4 heteroatoms. The standard InChI is InChI=1S/C20H21NO3/c1-23-19-9-5-17(6-10-19)20(22)11-4-16-2-7-18(8-3-16)21-12-14-24-15-13-21/h2-11H,12-15H2,1H3/b11-4+. The molecule has 2 aromatic carbocycles. The lowest BCUT2D eigenvalue weighted by molar-refractivity contribution is 0.104.